The third-order valence-electron chi connectivity index (χ3n) is 5.68. The molecule has 0 aromatic heterocycles. The van der Waals surface area contributed by atoms with Gasteiger partial charge < -0.3 is 24.5 Å². The molecule has 0 atom stereocenters. The predicted octanol–water partition coefficient (Wildman–Crippen LogP) is 3.50. The first-order valence-corrected chi connectivity index (χ1v) is 10.3. The molecule has 8 nitrogen and oxygen atoms in total. The van der Waals surface area contributed by atoms with Gasteiger partial charge in [0.05, 0.1) is 19.9 Å². The van der Waals surface area contributed by atoms with Crippen molar-refractivity contribution in [2.45, 2.75) is 31.4 Å². The van der Waals surface area contributed by atoms with Gasteiger partial charge >= 0.3 is 6.09 Å². The Labute approximate surface area is 181 Å². The highest BCUT2D eigenvalue weighted by Gasteiger charge is 2.43. The Morgan fingerprint density at radius 3 is 2.55 bits per heavy atom. The topological polar surface area (TPSA) is 81.6 Å². The van der Waals surface area contributed by atoms with E-state index in [1.165, 1.54) is 0 Å². The second-order valence-electron chi connectivity index (χ2n) is 7.73. The fourth-order valence-corrected chi connectivity index (χ4v) is 3.80. The summed E-state index contributed by atoms with van der Waals surface area (Å²) in [4.78, 5) is 23.5. The van der Waals surface area contributed by atoms with Crippen molar-refractivity contribution in [3.8, 4) is 11.5 Å². The van der Waals surface area contributed by atoms with Gasteiger partial charge in [-0.25, -0.2) is 4.79 Å². The SMILES string of the molecule is COc1ccc(CNC(=O)ON2CCC3(CC2)CC(c2cccc(OC)c2)=NO3)cc1. The Morgan fingerprint density at radius 1 is 1.10 bits per heavy atom. The molecular formula is C23H27N3O5. The summed E-state index contributed by atoms with van der Waals surface area (Å²) in [7, 11) is 3.27. The normalized spacial score (nSPS) is 17.5. The van der Waals surface area contributed by atoms with Crippen LogP contribution >= 0.6 is 0 Å². The van der Waals surface area contributed by atoms with Crippen LogP contribution in [-0.4, -0.2) is 49.8 Å². The smallest absolute Gasteiger partial charge is 0.426 e. The fraction of sp³-hybridized carbons (Fsp3) is 0.391. The first-order valence-electron chi connectivity index (χ1n) is 10.3. The summed E-state index contributed by atoms with van der Waals surface area (Å²) in [5.74, 6) is 1.58. The molecule has 2 aliphatic heterocycles. The zero-order valence-electron chi connectivity index (χ0n) is 17.8. The lowest BCUT2D eigenvalue weighted by atomic mass is 9.86. The molecule has 0 radical (unpaired) electrons. The van der Waals surface area contributed by atoms with E-state index in [0.29, 0.717) is 19.6 Å². The number of benzene rings is 2. The van der Waals surface area contributed by atoms with Crippen LogP contribution in [0.25, 0.3) is 0 Å². The minimum absolute atomic E-state index is 0.335. The van der Waals surface area contributed by atoms with Crippen molar-refractivity contribution in [2.75, 3.05) is 27.3 Å². The van der Waals surface area contributed by atoms with Crippen molar-refractivity contribution in [1.29, 1.82) is 0 Å². The second-order valence-corrected chi connectivity index (χ2v) is 7.73. The van der Waals surface area contributed by atoms with E-state index in [4.69, 9.17) is 19.1 Å². The highest BCUT2D eigenvalue weighted by atomic mass is 16.7. The molecule has 2 aromatic rings. The number of hydrogen-bond acceptors (Lipinski definition) is 7. The molecule has 1 spiro atoms. The van der Waals surface area contributed by atoms with Gasteiger partial charge in [0, 0.05) is 44.5 Å². The van der Waals surface area contributed by atoms with E-state index < -0.39 is 6.09 Å². The van der Waals surface area contributed by atoms with E-state index in [0.717, 1.165) is 47.6 Å². The van der Waals surface area contributed by atoms with Crippen molar-refractivity contribution >= 4 is 11.8 Å². The summed E-state index contributed by atoms with van der Waals surface area (Å²) in [6, 6.07) is 15.4. The first kappa shape index (κ1) is 21.0. The fourth-order valence-electron chi connectivity index (χ4n) is 3.80. The molecule has 1 amide bonds. The molecule has 2 aliphatic rings. The van der Waals surface area contributed by atoms with E-state index >= 15 is 0 Å². The van der Waals surface area contributed by atoms with Crippen LogP contribution in [0.5, 0.6) is 11.5 Å². The Bertz CT molecular complexity index is 936. The number of rotatable bonds is 6. The van der Waals surface area contributed by atoms with Gasteiger partial charge in [-0.05, 0) is 29.8 Å². The molecule has 2 aromatic carbocycles. The van der Waals surface area contributed by atoms with Crippen LogP contribution in [-0.2, 0) is 16.2 Å². The average molecular weight is 425 g/mol. The number of carbonyl (C=O) groups excluding carboxylic acids is 1. The number of nitrogens with one attached hydrogen (secondary N) is 1. The van der Waals surface area contributed by atoms with Gasteiger partial charge in [-0.1, -0.05) is 29.4 Å². The van der Waals surface area contributed by atoms with Crippen LogP contribution in [0.4, 0.5) is 4.79 Å². The zero-order chi connectivity index (χ0) is 21.7. The number of amides is 1. The number of hydrogen-bond donors (Lipinski definition) is 1. The molecule has 2 heterocycles. The molecule has 1 saturated heterocycles. The van der Waals surface area contributed by atoms with E-state index in [1.807, 2.05) is 48.5 Å². The lowest BCUT2D eigenvalue weighted by molar-refractivity contribution is -0.157. The average Bonchev–Trinajstić information content (AvgIpc) is 3.23. The molecular weight excluding hydrogens is 398 g/mol. The van der Waals surface area contributed by atoms with Gasteiger partial charge in [0.1, 0.15) is 17.1 Å². The zero-order valence-corrected chi connectivity index (χ0v) is 17.8. The minimum atomic E-state index is -0.465. The summed E-state index contributed by atoms with van der Waals surface area (Å²) in [6.07, 6.45) is 1.73. The number of hydroxylamine groups is 2. The van der Waals surface area contributed by atoms with Crippen LogP contribution in [0, 0.1) is 0 Å². The standard InChI is InChI=1S/C23H27N3O5/c1-28-19-8-6-17(7-9-19)16-24-22(27)30-26-12-10-23(11-13-26)15-21(25-31-23)18-4-3-5-20(14-18)29-2/h3-9,14H,10-13,15-16H2,1-2H3,(H,24,27). The number of nitrogens with zero attached hydrogens (tertiary/aromatic N) is 2. The second kappa shape index (κ2) is 9.26. The third kappa shape index (κ3) is 5.08. The first-order chi connectivity index (χ1) is 15.1. The molecule has 1 N–H and O–H groups in total. The maximum atomic E-state index is 12.2. The van der Waals surface area contributed by atoms with E-state index in [-0.39, 0.29) is 5.60 Å². The molecule has 0 bridgehead atoms. The Kier molecular flexibility index (Phi) is 6.27. The van der Waals surface area contributed by atoms with Crippen molar-refractivity contribution in [2.24, 2.45) is 5.16 Å². The van der Waals surface area contributed by atoms with Gasteiger partial charge in [0.15, 0.2) is 0 Å². The van der Waals surface area contributed by atoms with Gasteiger partial charge in [0.2, 0.25) is 0 Å². The van der Waals surface area contributed by atoms with Crippen LogP contribution in [0.3, 0.4) is 0 Å². The summed E-state index contributed by atoms with van der Waals surface area (Å²) >= 11 is 0. The molecule has 8 heteroatoms. The van der Waals surface area contributed by atoms with Crippen LogP contribution in [0.15, 0.2) is 53.7 Å². The van der Waals surface area contributed by atoms with Crippen molar-refractivity contribution < 1.29 is 23.9 Å². The predicted molar refractivity (Wildman–Crippen MR) is 115 cm³/mol. The summed E-state index contributed by atoms with van der Waals surface area (Å²) in [6.45, 7) is 1.58. The van der Waals surface area contributed by atoms with Gasteiger partial charge in [-0.3, -0.25) is 0 Å². The molecule has 0 unspecified atom stereocenters. The number of methoxy groups -OCH3 is 2. The molecule has 1 fully saturated rings. The van der Waals surface area contributed by atoms with Gasteiger partial charge in [-0.2, -0.15) is 0 Å². The molecule has 31 heavy (non-hydrogen) atoms. The maximum absolute atomic E-state index is 12.2. The molecule has 164 valence electrons. The lowest BCUT2D eigenvalue weighted by Gasteiger charge is -2.35. The van der Waals surface area contributed by atoms with Gasteiger partial charge in [-0.15, -0.1) is 5.06 Å². The number of ether oxygens (including phenoxy) is 2. The molecule has 0 saturated carbocycles. The Hall–Kier alpha value is -3.26. The largest absolute Gasteiger partial charge is 0.497 e. The van der Waals surface area contributed by atoms with Crippen molar-refractivity contribution in [3.05, 3.63) is 59.7 Å². The third-order valence-corrected chi connectivity index (χ3v) is 5.68. The number of oxime groups is 1. The molecule has 4 rings (SSSR count). The lowest BCUT2D eigenvalue weighted by Crippen LogP contribution is -2.46. The quantitative estimate of drug-likeness (QED) is 0.763. The summed E-state index contributed by atoms with van der Waals surface area (Å²) in [5.41, 5.74) is 2.56. The van der Waals surface area contributed by atoms with Gasteiger partial charge in [0.25, 0.3) is 0 Å². The highest BCUT2D eigenvalue weighted by molar-refractivity contribution is 6.02. The minimum Gasteiger partial charge on any atom is -0.497 e. The number of carbonyl (C=O) groups is 1. The monoisotopic (exact) mass is 425 g/mol. The summed E-state index contributed by atoms with van der Waals surface area (Å²) < 4.78 is 10.4. The van der Waals surface area contributed by atoms with Crippen LogP contribution < -0.4 is 14.8 Å². The van der Waals surface area contributed by atoms with E-state index in [9.17, 15) is 4.79 Å². The van der Waals surface area contributed by atoms with E-state index in [2.05, 4.69) is 10.5 Å². The van der Waals surface area contributed by atoms with E-state index in [1.54, 1.807) is 19.3 Å². The summed E-state index contributed by atoms with van der Waals surface area (Å²) in [5, 5.41) is 8.79. The van der Waals surface area contributed by atoms with Crippen molar-refractivity contribution in [1.82, 2.24) is 10.4 Å². The van der Waals surface area contributed by atoms with Crippen LogP contribution in [0.2, 0.25) is 0 Å². The highest BCUT2D eigenvalue weighted by Crippen LogP contribution is 2.36. The molecule has 0 aliphatic carbocycles. The Balaban J connectivity index is 1.23. The van der Waals surface area contributed by atoms with Crippen LogP contribution in [0.1, 0.15) is 30.4 Å². The van der Waals surface area contributed by atoms with Crippen molar-refractivity contribution in [3.63, 3.8) is 0 Å². The maximum Gasteiger partial charge on any atom is 0.426 e. The Morgan fingerprint density at radius 2 is 1.84 bits per heavy atom. The number of piperidine rings is 1.